The second-order valence-corrected chi connectivity index (χ2v) is 8.34. The molecule has 0 radical (unpaired) electrons. The summed E-state index contributed by atoms with van der Waals surface area (Å²) in [5.41, 5.74) is -0.590. The van der Waals surface area contributed by atoms with Gasteiger partial charge in [-0.05, 0) is 24.6 Å². The van der Waals surface area contributed by atoms with Crippen LogP contribution in [0.3, 0.4) is 0 Å². The smallest absolute Gasteiger partial charge is 0.257 e. The Kier molecular flexibility index (Phi) is 4.97. The fraction of sp³-hybridized carbons (Fsp3) is 0.333. The first kappa shape index (κ1) is 19.1. The van der Waals surface area contributed by atoms with E-state index in [0.29, 0.717) is 35.1 Å². The highest BCUT2D eigenvalue weighted by atomic mass is 32.2. The molecule has 2 heterocycles. The van der Waals surface area contributed by atoms with Gasteiger partial charge in [-0.1, -0.05) is 43.0 Å². The van der Waals surface area contributed by atoms with E-state index in [9.17, 15) is 13.6 Å². The summed E-state index contributed by atoms with van der Waals surface area (Å²) in [6.07, 6.45) is 0.695. The minimum Gasteiger partial charge on any atom is -0.379 e. The summed E-state index contributed by atoms with van der Waals surface area (Å²) in [5.74, 6) is -0.924. The summed E-state index contributed by atoms with van der Waals surface area (Å²) in [7, 11) is 0. The van der Waals surface area contributed by atoms with Crippen LogP contribution in [0.5, 0.6) is 0 Å². The van der Waals surface area contributed by atoms with Crippen LogP contribution < -0.4 is 5.32 Å². The Labute approximate surface area is 166 Å². The van der Waals surface area contributed by atoms with E-state index >= 15 is 0 Å². The zero-order chi connectivity index (χ0) is 19.8. The molecule has 2 aromatic carbocycles. The largest absolute Gasteiger partial charge is 0.379 e. The van der Waals surface area contributed by atoms with E-state index in [1.165, 1.54) is 23.9 Å². The van der Waals surface area contributed by atoms with Crippen LogP contribution in [-0.2, 0) is 10.3 Å². The Morgan fingerprint density at radius 2 is 2.00 bits per heavy atom. The van der Waals surface area contributed by atoms with E-state index in [1.807, 2.05) is 13.0 Å². The third kappa shape index (κ3) is 3.22. The van der Waals surface area contributed by atoms with Crippen molar-refractivity contribution in [2.24, 2.45) is 10.4 Å². The van der Waals surface area contributed by atoms with Gasteiger partial charge in [-0.3, -0.25) is 4.79 Å². The molecular weight excluding hydrogens is 382 g/mol. The summed E-state index contributed by atoms with van der Waals surface area (Å²) >= 11 is 1.44. The van der Waals surface area contributed by atoms with Gasteiger partial charge in [-0.25, -0.2) is 13.8 Å². The first-order valence-electron chi connectivity index (χ1n) is 9.06. The van der Waals surface area contributed by atoms with Crippen LogP contribution in [-0.4, -0.2) is 30.0 Å². The minimum absolute atomic E-state index is 0.178. The molecule has 1 fully saturated rings. The lowest BCUT2D eigenvalue weighted by atomic mass is 9.65. The quantitative estimate of drug-likeness (QED) is 0.822. The average molecular weight is 402 g/mol. The SMILES string of the molecule is CC12CCOCC1(c1ccc(F)cc1F)N=C(NC(=O)c1ccccc1)SC2. The van der Waals surface area contributed by atoms with Crippen molar-refractivity contribution in [3.05, 3.63) is 71.3 Å². The highest BCUT2D eigenvalue weighted by Crippen LogP contribution is 2.53. The van der Waals surface area contributed by atoms with Gasteiger partial charge in [0.25, 0.3) is 5.91 Å². The Balaban J connectivity index is 1.75. The molecule has 146 valence electrons. The molecule has 7 heteroatoms. The number of nitrogens with zero attached hydrogens (tertiary/aromatic N) is 1. The molecule has 2 aromatic rings. The van der Waals surface area contributed by atoms with E-state index in [4.69, 9.17) is 9.73 Å². The maximum Gasteiger partial charge on any atom is 0.257 e. The topological polar surface area (TPSA) is 50.7 Å². The number of halogens is 2. The molecule has 1 amide bonds. The molecule has 2 unspecified atom stereocenters. The van der Waals surface area contributed by atoms with Crippen molar-refractivity contribution >= 4 is 22.8 Å². The zero-order valence-electron chi connectivity index (χ0n) is 15.4. The van der Waals surface area contributed by atoms with Crippen LogP contribution in [0.15, 0.2) is 53.5 Å². The van der Waals surface area contributed by atoms with Crippen molar-refractivity contribution in [1.29, 1.82) is 0 Å². The van der Waals surface area contributed by atoms with Crippen LogP contribution in [0, 0.1) is 17.0 Å². The number of fused-ring (bicyclic) bond motifs is 1. The van der Waals surface area contributed by atoms with Gasteiger partial charge in [-0.2, -0.15) is 0 Å². The first-order chi connectivity index (χ1) is 13.4. The lowest BCUT2D eigenvalue weighted by molar-refractivity contribution is -0.0441. The third-order valence-electron chi connectivity index (χ3n) is 5.56. The number of carbonyl (C=O) groups is 1. The summed E-state index contributed by atoms with van der Waals surface area (Å²) in [4.78, 5) is 17.3. The average Bonchev–Trinajstić information content (AvgIpc) is 2.69. The van der Waals surface area contributed by atoms with Gasteiger partial charge in [0.1, 0.15) is 17.2 Å². The molecule has 0 spiro atoms. The van der Waals surface area contributed by atoms with Gasteiger partial charge in [0.15, 0.2) is 5.17 Å². The molecule has 0 aromatic heterocycles. The standard InChI is InChI=1S/C21H20F2N2O2S/c1-20-9-10-27-12-21(20,16-8-7-15(22)11-17(16)23)25-19(28-13-20)24-18(26)14-5-3-2-4-6-14/h2-8,11H,9-10,12-13H2,1H3,(H,24,25,26). The number of rotatable bonds is 2. The Bertz CT molecular complexity index is 937. The zero-order valence-corrected chi connectivity index (χ0v) is 16.2. The minimum atomic E-state index is -1.02. The highest BCUT2D eigenvalue weighted by Gasteiger charge is 2.55. The molecule has 28 heavy (non-hydrogen) atoms. The molecule has 0 bridgehead atoms. The van der Waals surface area contributed by atoms with Crippen molar-refractivity contribution in [1.82, 2.24) is 5.32 Å². The summed E-state index contributed by atoms with van der Waals surface area (Å²) in [5, 5.41) is 3.25. The van der Waals surface area contributed by atoms with Gasteiger partial charge in [0.05, 0.1) is 6.61 Å². The fourth-order valence-electron chi connectivity index (χ4n) is 3.80. The number of aliphatic imine (C=N–C) groups is 1. The van der Waals surface area contributed by atoms with E-state index < -0.39 is 17.2 Å². The number of amides is 1. The van der Waals surface area contributed by atoms with Crippen LogP contribution in [0.1, 0.15) is 29.3 Å². The van der Waals surface area contributed by atoms with Crippen LogP contribution in [0.4, 0.5) is 8.78 Å². The third-order valence-corrected chi connectivity index (χ3v) is 6.81. The van der Waals surface area contributed by atoms with Crippen molar-refractivity contribution in [3.8, 4) is 0 Å². The van der Waals surface area contributed by atoms with Crippen molar-refractivity contribution < 1.29 is 18.3 Å². The number of amidine groups is 1. The molecule has 2 atom stereocenters. The molecule has 0 aliphatic carbocycles. The number of benzene rings is 2. The number of carbonyl (C=O) groups excluding carboxylic acids is 1. The van der Waals surface area contributed by atoms with Gasteiger partial charge in [0.2, 0.25) is 0 Å². The number of nitrogens with one attached hydrogen (secondary N) is 1. The molecule has 1 N–H and O–H groups in total. The predicted octanol–water partition coefficient (Wildman–Crippen LogP) is 4.12. The molecule has 2 aliphatic rings. The van der Waals surface area contributed by atoms with E-state index in [1.54, 1.807) is 24.3 Å². The van der Waals surface area contributed by atoms with Crippen LogP contribution in [0.2, 0.25) is 0 Å². The molecule has 4 nitrogen and oxygen atoms in total. The maximum absolute atomic E-state index is 14.8. The maximum atomic E-state index is 14.8. The van der Waals surface area contributed by atoms with Crippen LogP contribution >= 0.6 is 11.8 Å². The molecule has 1 saturated heterocycles. The van der Waals surface area contributed by atoms with Crippen molar-refractivity contribution in [2.75, 3.05) is 19.0 Å². The Morgan fingerprint density at radius 3 is 2.75 bits per heavy atom. The number of hydrogen-bond acceptors (Lipinski definition) is 4. The monoisotopic (exact) mass is 402 g/mol. The van der Waals surface area contributed by atoms with Crippen molar-refractivity contribution in [3.63, 3.8) is 0 Å². The van der Waals surface area contributed by atoms with Gasteiger partial charge in [-0.15, -0.1) is 0 Å². The number of thioether (sulfide) groups is 1. The second kappa shape index (κ2) is 7.29. The summed E-state index contributed by atoms with van der Waals surface area (Å²) in [6, 6.07) is 12.4. The summed E-state index contributed by atoms with van der Waals surface area (Å²) < 4.78 is 34.0. The summed E-state index contributed by atoms with van der Waals surface area (Å²) in [6.45, 7) is 2.78. The van der Waals surface area contributed by atoms with E-state index in [0.717, 1.165) is 6.07 Å². The number of ether oxygens (including phenoxy) is 1. The predicted molar refractivity (Wildman–Crippen MR) is 105 cm³/mol. The van der Waals surface area contributed by atoms with Crippen LogP contribution in [0.25, 0.3) is 0 Å². The fourth-order valence-corrected chi connectivity index (χ4v) is 5.02. The molecule has 0 saturated carbocycles. The van der Waals surface area contributed by atoms with Gasteiger partial charge < -0.3 is 10.1 Å². The molecular formula is C21H20F2N2O2S. The highest BCUT2D eigenvalue weighted by molar-refractivity contribution is 8.14. The van der Waals surface area contributed by atoms with Crippen molar-refractivity contribution in [2.45, 2.75) is 18.9 Å². The molecule has 2 aliphatic heterocycles. The number of hydrogen-bond donors (Lipinski definition) is 1. The molecule has 4 rings (SSSR count). The lowest BCUT2D eigenvalue weighted by Crippen LogP contribution is -2.55. The van der Waals surface area contributed by atoms with Gasteiger partial charge in [0, 0.05) is 35.0 Å². The lowest BCUT2D eigenvalue weighted by Gasteiger charge is -2.51. The Hall–Kier alpha value is -2.25. The Morgan fingerprint density at radius 1 is 1.21 bits per heavy atom. The second-order valence-electron chi connectivity index (χ2n) is 7.37. The van der Waals surface area contributed by atoms with E-state index in [-0.39, 0.29) is 17.9 Å². The normalized spacial score (nSPS) is 26.9. The van der Waals surface area contributed by atoms with E-state index in [2.05, 4.69) is 5.32 Å². The first-order valence-corrected chi connectivity index (χ1v) is 10.0. The van der Waals surface area contributed by atoms with Gasteiger partial charge >= 0.3 is 0 Å².